The van der Waals surface area contributed by atoms with Gasteiger partial charge in [-0.25, -0.2) is 0 Å². The second-order valence-corrected chi connectivity index (χ2v) is 12.5. The summed E-state index contributed by atoms with van der Waals surface area (Å²) in [5, 5.41) is 0.646. The van der Waals surface area contributed by atoms with Crippen molar-refractivity contribution in [3.63, 3.8) is 0 Å². The number of halogens is 2. The molecule has 7 rings (SSSR count). The van der Waals surface area contributed by atoms with E-state index in [0.717, 1.165) is 35.1 Å². The fraction of sp³-hybridized carbons (Fsp3) is 0.429. The maximum absolute atomic E-state index is 13.2. The number of hydrogen-bond acceptors (Lipinski definition) is 4. The van der Waals surface area contributed by atoms with Gasteiger partial charge in [-0.05, 0) is 115 Å². The van der Waals surface area contributed by atoms with E-state index in [1.807, 2.05) is 12.1 Å². The number of methoxy groups -OCH3 is 1. The Morgan fingerprint density at radius 3 is 2.34 bits per heavy atom. The van der Waals surface area contributed by atoms with Gasteiger partial charge in [-0.15, -0.1) is 0 Å². The summed E-state index contributed by atoms with van der Waals surface area (Å²) in [6.07, 6.45) is 9.81. The molecule has 5 aliphatic rings. The molecule has 182 valence electrons. The number of nitrogens with zero attached hydrogens (tertiary/aromatic N) is 1. The minimum absolute atomic E-state index is 0.114. The van der Waals surface area contributed by atoms with E-state index in [-0.39, 0.29) is 23.1 Å². The smallest absolute Gasteiger partial charge is 0.293 e. The van der Waals surface area contributed by atoms with E-state index in [9.17, 15) is 9.59 Å². The second kappa shape index (κ2) is 8.86. The van der Waals surface area contributed by atoms with Crippen molar-refractivity contribution < 1.29 is 14.3 Å². The molecule has 0 spiro atoms. The molecule has 4 bridgehead atoms. The highest BCUT2D eigenvalue weighted by Crippen LogP contribution is 2.61. The van der Waals surface area contributed by atoms with Crippen molar-refractivity contribution >= 4 is 52.2 Å². The lowest BCUT2D eigenvalue weighted by molar-refractivity contribution is -0.123. The van der Waals surface area contributed by atoms with Crippen LogP contribution in [-0.4, -0.2) is 23.2 Å². The van der Waals surface area contributed by atoms with Crippen molar-refractivity contribution in [3.05, 3.63) is 68.0 Å². The van der Waals surface area contributed by atoms with Crippen molar-refractivity contribution in [2.75, 3.05) is 7.11 Å². The first-order valence-corrected chi connectivity index (χ1v) is 13.8. The van der Waals surface area contributed by atoms with Crippen LogP contribution in [0.15, 0.2) is 41.3 Å². The molecule has 4 saturated carbocycles. The molecule has 7 heteroatoms. The van der Waals surface area contributed by atoms with E-state index >= 15 is 0 Å². The molecule has 2 amide bonds. The molecule has 4 aliphatic carbocycles. The Morgan fingerprint density at radius 2 is 1.71 bits per heavy atom. The molecule has 35 heavy (non-hydrogen) atoms. The average Bonchev–Trinajstić information content (AvgIpc) is 3.07. The maximum Gasteiger partial charge on any atom is 0.293 e. The third kappa shape index (κ3) is 4.20. The third-order valence-electron chi connectivity index (χ3n) is 8.38. The lowest BCUT2D eigenvalue weighted by Crippen LogP contribution is -2.48. The first kappa shape index (κ1) is 23.4. The summed E-state index contributed by atoms with van der Waals surface area (Å²) in [5.41, 5.74) is 3.14. The minimum Gasteiger partial charge on any atom is -0.496 e. The van der Waals surface area contributed by atoms with Gasteiger partial charge in [0.2, 0.25) is 0 Å². The zero-order valence-corrected chi connectivity index (χ0v) is 21.9. The first-order chi connectivity index (χ1) is 16.8. The van der Waals surface area contributed by atoms with Crippen molar-refractivity contribution in [1.82, 2.24) is 4.90 Å². The summed E-state index contributed by atoms with van der Waals surface area (Å²) in [5.74, 6) is 2.95. The van der Waals surface area contributed by atoms with E-state index in [0.29, 0.717) is 26.3 Å². The molecule has 4 nitrogen and oxygen atoms in total. The van der Waals surface area contributed by atoms with Gasteiger partial charge in [0.05, 0.1) is 18.6 Å². The number of thioether (sulfide) groups is 1. The van der Waals surface area contributed by atoms with Crippen LogP contribution in [0.1, 0.15) is 55.2 Å². The SMILES string of the molecule is COc1ccc(C23CC4CC(CC(C4)C2)C3)cc1/C=C1\SC(=O)N(Cc2ccc(Cl)cc2Cl)C1=O. The molecule has 1 aliphatic heterocycles. The zero-order valence-electron chi connectivity index (χ0n) is 19.6. The van der Waals surface area contributed by atoms with Gasteiger partial charge in [-0.2, -0.15) is 0 Å². The highest BCUT2D eigenvalue weighted by molar-refractivity contribution is 8.18. The number of carbonyl (C=O) groups is 2. The first-order valence-electron chi connectivity index (χ1n) is 12.2. The van der Waals surface area contributed by atoms with Gasteiger partial charge in [0.1, 0.15) is 5.75 Å². The van der Waals surface area contributed by atoms with Crippen LogP contribution in [-0.2, 0) is 16.8 Å². The van der Waals surface area contributed by atoms with Crippen molar-refractivity contribution in [1.29, 1.82) is 0 Å². The number of imide groups is 1. The van der Waals surface area contributed by atoms with Crippen LogP contribution in [0, 0.1) is 17.8 Å². The molecule has 1 saturated heterocycles. The molecular weight excluding hydrogens is 501 g/mol. The van der Waals surface area contributed by atoms with Gasteiger partial charge in [0.25, 0.3) is 11.1 Å². The zero-order chi connectivity index (χ0) is 24.3. The van der Waals surface area contributed by atoms with Crippen LogP contribution in [0.2, 0.25) is 10.0 Å². The number of rotatable bonds is 5. The topological polar surface area (TPSA) is 46.6 Å². The summed E-state index contributed by atoms with van der Waals surface area (Å²) < 4.78 is 5.65. The quantitative estimate of drug-likeness (QED) is 0.373. The van der Waals surface area contributed by atoms with E-state index in [1.54, 1.807) is 25.3 Å². The van der Waals surface area contributed by atoms with Crippen molar-refractivity contribution in [2.24, 2.45) is 17.8 Å². The van der Waals surface area contributed by atoms with Gasteiger partial charge in [0.15, 0.2) is 0 Å². The molecule has 2 aromatic carbocycles. The van der Waals surface area contributed by atoms with Gasteiger partial charge in [0, 0.05) is 15.6 Å². The van der Waals surface area contributed by atoms with Crippen LogP contribution in [0.5, 0.6) is 5.75 Å². The van der Waals surface area contributed by atoms with Crippen LogP contribution in [0.4, 0.5) is 4.79 Å². The summed E-state index contributed by atoms with van der Waals surface area (Å²) in [7, 11) is 1.64. The van der Waals surface area contributed by atoms with Gasteiger partial charge < -0.3 is 4.74 Å². The number of hydrogen-bond donors (Lipinski definition) is 0. The monoisotopic (exact) mass is 527 g/mol. The summed E-state index contributed by atoms with van der Waals surface area (Å²) in [4.78, 5) is 27.6. The Balaban J connectivity index is 1.30. The summed E-state index contributed by atoms with van der Waals surface area (Å²) in [6.45, 7) is 0.114. The van der Waals surface area contributed by atoms with E-state index in [4.69, 9.17) is 27.9 Å². The average molecular weight is 529 g/mol. The Bertz CT molecular complexity index is 1220. The summed E-state index contributed by atoms with van der Waals surface area (Å²) in [6, 6.07) is 11.5. The Labute approximate surface area is 220 Å². The Hall–Kier alpha value is -1.95. The van der Waals surface area contributed by atoms with Gasteiger partial charge in [-0.1, -0.05) is 35.3 Å². The minimum atomic E-state index is -0.312. The molecule has 0 aromatic heterocycles. The fourth-order valence-corrected chi connectivity index (χ4v) is 8.54. The Kier molecular flexibility index (Phi) is 5.94. The number of amides is 2. The highest BCUT2D eigenvalue weighted by atomic mass is 35.5. The third-order valence-corrected chi connectivity index (χ3v) is 9.88. The normalized spacial score (nSPS) is 30.5. The predicted molar refractivity (Wildman–Crippen MR) is 141 cm³/mol. The van der Waals surface area contributed by atoms with Crippen molar-refractivity contribution in [3.8, 4) is 5.75 Å². The highest BCUT2D eigenvalue weighted by Gasteiger charge is 2.51. The van der Waals surface area contributed by atoms with Crippen molar-refractivity contribution in [2.45, 2.75) is 50.5 Å². The molecule has 0 unspecified atom stereocenters. The summed E-state index contributed by atoms with van der Waals surface area (Å²) >= 11 is 13.2. The van der Waals surface area contributed by atoms with E-state index in [1.165, 1.54) is 49.0 Å². The molecule has 2 aromatic rings. The lowest BCUT2D eigenvalue weighted by Gasteiger charge is -2.57. The standard InChI is InChI=1S/C28H27Cl2NO3S/c1-34-24-5-3-21(28-12-16-6-17(13-28)8-18(7-16)14-28)9-20(24)10-25-26(32)31(27(33)35-25)15-19-2-4-22(29)11-23(19)30/h2-5,9-11,16-18H,6-8,12-15H2,1H3/b25-10-. The maximum atomic E-state index is 13.2. The largest absolute Gasteiger partial charge is 0.496 e. The molecule has 1 heterocycles. The second-order valence-electron chi connectivity index (χ2n) is 10.7. The molecule has 0 N–H and O–H groups in total. The van der Waals surface area contributed by atoms with E-state index < -0.39 is 0 Å². The fourth-order valence-electron chi connectivity index (χ4n) is 7.24. The lowest BCUT2D eigenvalue weighted by atomic mass is 9.48. The molecule has 5 fully saturated rings. The van der Waals surface area contributed by atoms with E-state index in [2.05, 4.69) is 12.1 Å². The molecular formula is C28H27Cl2NO3S. The number of ether oxygens (including phenoxy) is 1. The Morgan fingerprint density at radius 1 is 1.03 bits per heavy atom. The van der Waals surface area contributed by atoms with Gasteiger partial charge in [-0.3, -0.25) is 14.5 Å². The van der Waals surface area contributed by atoms with Crippen LogP contribution >= 0.6 is 35.0 Å². The van der Waals surface area contributed by atoms with Crippen LogP contribution in [0.3, 0.4) is 0 Å². The van der Waals surface area contributed by atoms with Gasteiger partial charge >= 0.3 is 0 Å². The van der Waals surface area contributed by atoms with Crippen LogP contribution < -0.4 is 4.74 Å². The van der Waals surface area contributed by atoms with Crippen LogP contribution in [0.25, 0.3) is 6.08 Å². The molecule has 0 atom stereocenters. The predicted octanol–water partition coefficient (Wildman–Crippen LogP) is 7.71. The number of carbonyl (C=O) groups excluding carboxylic acids is 2. The molecule has 0 radical (unpaired) electrons. The number of benzene rings is 2.